The van der Waals surface area contributed by atoms with Gasteiger partial charge >= 0.3 is 0 Å². The minimum absolute atomic E-state index is 0.0674. The Morgan fingerprint density at radius 3 is 2.54 bits per heavy atom. The standard InChI is InChI=1S/C28H26F2N2O3/c1-18(2)24-14-28(34)32(16-20-7-3-4-9-25(20)30)26-13-22(10-11-23(24)26)35-17-27(33)31-15-19-6-5-8-21(29)12-19/h3-14,18H,15-17H2,1-2H3,(H,31,33). The van der Waals surface area contributed by atoms with Crippen molar-refractivity contribution in [3.63, 3.8) is 0 Å². The number of benzene rings is 3. The molecule has 0 aliphatic carbocycles. The van der Waals surface area contributed by atoms with E-state index in [4.69, 9.17) is 4.74 Å². The third-order valence-electron chi connectivity index (χ3n) is 5.77. The highest BCUT2D eigenvalue weighted by Crippen LogP contribution is 2.28. The molecule has 0 spiro atoms. The molecule has 1 aromatic heterocycles. The molecule has 0 aliphatic heterocycles. The third-order valence-corrected chi connectivity index (χ3v) is 5.77. The molecule has 0 radical (unpaired) electrons. The van der Waals surface area contributed by atoms with Crippen LogP contribution in [-0.2, 0) is 17.9 Å². The molecule has 0 atom stereocenters. The molecule has 0 saturated heterocycles. The first-order chi connectivity index (χ1) is 16.8. The third kappa shape index (κ3) is 5.74. The molecule has 0 unspecified atom stereocenters. The number of halogens is 2. The lowest BCUT2D eigenvalue weighted by Crippen LogP contribution is -2.28. The molecule has 1 heterocycles. The van der Waals surface area contributed by atoms with Gasteiger partial charge in [0, 0.05) is 29.6 Å². The summed E-state index contributed by atoms with van der Waals surface area (Å²) >= 11 is 0. The molecule has 7 heteroatoms. The number of carbonyl (C=O) groups is 1. The van der Waals surface area contributed by atoms with E-state index in [-0.39, 0.29) is 48.7 Å². The second-order valence-corrected chi connectivity index (χ2v) is 8.64. The highest BCUT2D eigenvalue weighted by Gasteiger charge is 2.14. The van der Waals surface area contributed by atoms with Crippen molar-refractivity contribution < 1.29 is 18.3 Å². The summed E-state index contributed by atoms with van der Waals surface area (Å²) in [6.45, 7) is 4.00. The van der Waals surface area contributed by atoms with Gasteiger partial charge in [-0.15, -0.1) is 0 Å². The van der Waals surface area contributed by atoms with E-state index in [2.05, 4.69) is 5.32 Å². The zero-order chi connectivity index (χ0) is 24.9. The van der Waals surface area contributed by atoms with Crippen molar-refractivity contribution in [3.05, 3.63) is 111 Å². The largest absolute Gasteiger partial charge is 0.484 e. The number of carbonyl (C=O) groups excluding carboxylic acids is 1. The summed E-state index contributed by atoms with van der Waals surface area (Å²) in [5.74, 6) is -0.613. The number of nitrogens with one attached hydrogen (secondary N) is 1. The monoisotopic (exact) mass is 476 g/mol. The Hall–Kier alpha value is -4.00. The second kappa shape index (κ2) is 10.5. The van der Waals surface area contributed by atoms with E-state index in [1.165, 1.54) is 22.8 Å². The maximum absolute atomic E-state index is 14.3. The van der Waals surface area contributed by atoms with Gasteiger partial charge < -0.3 is 14.6 Å². The minimum atomic E-state index is -0.386. The fourth-order valence-corrected chi connectivity index (χ4v) is 3.96. The van der Waals surface area contributed by atoms with Crippen LogP contribution in [0.3, 0.4) is 0 Å². The predicted octanol–water partition coefficient (Wildman–Crippen LogP) is 5.15. The lowest BCUT2D eigenvalue weighted by molar-refractivity contribution is -0.123. The lowest BCUT2D eigenvalue weighted by Gasteiger charge is -2.17. The summed E-state index contributed by atoms with van der Waals surface area (Å²) in [6, 6.07) is 19.2. The second-order valence-electron chi connectivity index (χ2n) is 8.64. The molecule has 5 nitrogen and oxygen atoms in total. The van der Waals surface area contributed by atoms with Gasteiger partial charge in [0.2, 0.25) is 0 Å². The summed E-state index contributed by atoms with van der Waals surface area (Å²) < 4.78 is 34.8. The molecule has 35 heavy (non-hydrogen) atoms. The quantitative estimate of drug-likeness (QED) is 0.383. The minimum Gasteiger partial charge on any atom is -0.484 e. The Morgan fingerprint density at radius 1 is 1.00 bits per heavy atom. The first-order valence-corrected chi connectivity index (χ1v) is 11.4. The van der Waals surface area contributed by atoms with E-state index >= 15 is 0 Å². The van der Waals surface area contributed by atoms with Crippen LogP contribution >= 0.6 is 0 Å². The number of fused-ring (bicyclic) bond motifs is 1. The first-order valence-electron chi connectivity index (χ1n) is 11.4. The zero-order valence-electron chi connectivity index (χ0n) is 19.6. The van der Waals surface area contributed by atoms with Crippen LogP contribution in [-0.4, -0.2) is 17.1 Å². The van der Waals surface area contributed by atoms with E-state index < -0.39 is 0 Å². The molecule has 1 amide bonds. The van der Waals surface area contributed by atoms with Crippen LogP contribution in [0.4, 0.5) is 8.78 Å². The molecule has 0 fully saturated rings. The normalized spacial score (nSPS) is 11.1. The molecule has 0 bridgehead atoms. The number of amides is 1. The van der Waals surface area contributed by atoms with Gasteiger partial charge in [0.1, 0.15) is 17.4 Å². The average molecular weight is 477 g/mol. The molecule has 0 saturated carbocycles. The maximum Gasteiger partial charge on any atom is 0.258 e. The van der Waals surface area contributed by atoms with Gasteiger partial charge in [-0.3, -0.25) is 9.59 Å². The van der Waals surface area contributed by atoms with Crippen molar-refractivity contribution in [2.45, 2.75) is 32.9 Å². The first kappa shape index (κ1) is 24.1. The zero-order valence-corrected chi connectivity index (χ0v) is 19.6. The highest BCUT2D eigenvalue weighted by molar-refractivity contribution is 5.85. The number of pyridine rings is 1. The number of hydrogen-bond donors (Lipinski definition) is 1. The van der Waals surface area contributed by atoms with Crippen LogP contribution in [0.2, 0.25) is 0 Å². The number of rotatable bonds is 8. The van der Waals surface area contributed by atoms with Gasteiger partial charge in [-0.05, 0) is 47.4 Å². The van der Waals surface area contributed by atoms with E-state index in [1.807, 2.05) is 19.9 Å². The molecule has 4 aromatic rings. The fourth-order valence-electron chi connectivity index (χ4n) is 3.96. The summed E-state index contributed by atoms with van der Waals surface area (Å²) in [5, 5.41) is 3.55. The Balaban J connectivity index is 1.58. The number of nitrogens with zero attached hydrogens (tertiary/aromatic N) is 1. The fraction of sp³-hybridized carbons (Fsp3) is 0.214. The van der Waals surface area contributed by atoms with Gasteiger partial charge in [0.15, 0.2) is 6.61 Å². The predicted molar refractivity (Wildman–Crippen MR) is 132 cm³/mol. The summed E-state index contributed by atoms with van der Waals surface area (Å²) in [4.78, 5) is 25.3. The topological polar surface area (TPSA) is 60.3 Å². The van der Waals surface area contributed by atoms with E-state index in [1.54, 1.807) is 48.5 Å². The maximum atomic E-state index is 14.3. The molecule has 3 aromatic carbocycles. The van der Waals surface area contributed by atoms with Crippen LogP contribution < -0.4 is 15.6 Å². The van der Waals surface area contributed by atoms with E-state index in [0.29, 0.717) is 22.4 Å². The van der Waals surface area contributed by atoms with E-state index in [0.717, 1.165) is 10.9 Å². The van der Waals surface area contributed by atoms with Crippen LogP contribution in [0.15, 0.2) is 77.6 Å². The Kier molecular flexibility index (Phi) is 7.25. The van der Waals surface area contributed by atoms with Gasteiger partial charge in [-0.2, -0.15) is 0 Å². The molecule has 0 aliphatic rings. The number of aromatic nitrogens is 1. The average Bonchev–Trinajstić information content (AvgIpc) is 2.84. The summed E-state index contributed by atoms with van der Waals surface area (Å²) in [7, 11) is 0. The van der Waals surface area contributed by atoms with Crippen molar-refractivity contribution in [2.24, 2.45) is 0 Å². The summed E-state index contributed by atoms with van der Waals surface area (Å²) in [5.41, 5.74) is 2.28. The molecule has 180 valence electrons. The van der Waals surface area contributed by atoms with Crippen molar-refractivity contribution in [2.75, 3.05) is 6.61 Å². The SMILES string of the molecule is CC(C)c1cc(=O)n(Cc2ccccc2F)c2cc(OCC(=O)NCc3cccc(F)c3)ccc12. The number of ether oxygens (including phenoxy) is 1. The van der Waals surface area contributed by atoms with Crippen LogP contribution in [0.25, 0.3) is 10.9 Å². The van der Waals surface area contributed by atoms with Crippen LogP contribution in [0.1, 0.15) is 36.5 Å². The Bertz CT molecular complexity index is 1430. The Morgan fingerprint density at radius 2 is 1.80 bits per heavy atom. The molecule has 1 N–H and O–H groups in total. The molecular formula is C28H26F2N2O3. The van der Waals surface area contributed by atoms with Gasteiger partial charge in [-0.25, -0.2) is 8.78 Å². The van der Waals surface area contributed by atoms with Crippen LogP contribution in [0.5, 0.6) is 5.75 Å². The van der Waals surface area contributed by atoms with Crippen LogP contribution in [0, 0.1) is 11.6 Å². The number of hydrogen-bond acceptors (Lipinski definition) is 3. The van der Waals surface area contributed by atoms with Crippen molar-refractivity contribution in [3.8, 4) is 5.75 Å². The lowest BCUT2D eigenvalue weighted by atomic mass is 9.98. The van der Waals surface area contributed by atoms with Crippen molar-refractivity contribution in [1.29, 1.82) is 0 Å². The van der Waals surface area contributed by atoms with Crippen molar-refractivity contribution >= 4 is 16.8 Å². The smallest absolute Gasteiger partial charge is 0.258 e. The highest BCUT2D eigenvalue weighted by atomic mass is 19.1. The van der Waals surface area contributed by atoms with Crippen molar-refractivity contribution in [1.82, 2.24) is 9.88 Å². The van der Waals surface area contributed by atoms with E-state index in [9.17, 15) is 18.4 Å². The Labute approximate surface area is 202 Å². The molecule has 4 rings (SSSR count). The summed E-state index contributed by atoms with van der Waals surface area (Å²) in [6.07, 6.45) is 0. The van der Waals surface area contributed by atoms with Gasteiger partial charge in [0.05, 0.1) is 12.1 Å². The van der Waals surface area contributed by atoms with Gasteiger partial charge in [0.25, 0.3) is 11.5 Å². The molecular weight excluding hydrogens is 450 g/mol. The van der Waals surface area contributed by atoms with Gasteiger partial charge in [-0.1, -0.05) is 44.2 Å².